The number of rotatable bonds is 29. The summed E-state index contributed by atoms with van der Waals surface area (Å²) in [5, 5.41) is 0. The van der Waals surface area contributed by atoms with Gasteiger partial charge in [-0.15, -0.1) is 12.8 Å². The Balaban J connectivity index is 4.03. The molecule has 0 spiro atoms. The maximum absolute atomic E-state index is 11.5. The molecule has 286 valence electrons. The zero-order valence-corrected chi connectivity index (χ0v) is 34.1. The van der Waals surface area contributed by atoms with Gasteiger partial charge >= 0.3 is 15.6 Å². The van der Waals surface area contributed by atoms with Crippen molar-refractivity contribution < 1.29 is 32.6 Å². The maximum atomic E-state index is 11.5. The molecule has 0 aliphatic heterocycles. The van der Waals surface area contributed by atoms with Crippen LogP contribution in [0.15, 0.2) is 58.2 Å². The highest BCUT2D eigenvalue weighted by Gasteiger charge is 2.31. The molecule has 0 fully saturated rings. The van der Waals surface area contributed by atoms with Crippen LogP contribution >= 0.6 is 15.6 Å². The van der Waals surface area contributed by atoms with Crippen LogP contribution in [-0.2, 0) is 18.0 Å². The molecule has 0 radical (unpaired) electrons. The topological polar surface area (TPSA) is 113 Å². The molecule has 9 heteroatoms. The SMILES string of the molecule is CC(C)=CCC/C(C)=C/CCC(C)[CH-]CCC(C)[CH-]CCC(C)[CH-]CC/C(C)=C/CC/C(C)=C/CC/C(C)=C/COP(=O)(O)OP(=O)(O)O. The fourth-order valence-corrected chi connectivity index (χ4v) is 6.88. The minimum Gasteiger partial charge on any atom is -0.326 e. The van der Waals surface area contributed by atoms with Gasteiger partial charge in [0.1, 0.15) is 0 Å². The summed E-state index contributed by atoms with van der Waals surface area (Å²) >= 11 is 0. The molecular weight excluding hydrogens is 654 g/mol. The molecule has 3 N–H and O–H groups in total. The maximum Gasteiger partial charge on any atom is 0.481 e. The first-order valence-corrected chi connectivity index (χ1v) is 21.4. The molecule has 4 unspecified atom stereocenters. The Hall–Kier alpha value is -1.04. The normalized spacial score (nSPS) is 16.7. The van der Waals surface area contributed by atoms with Crippen molar-refractivity contribution in [2.75, 3.05) is 6.61 Å². The van der Waals surface area contributed by atoms with E-state index in [-0.39, 0.29) is 6.61 Å². The Kier molecular flexibility index (Phi) is 27.0. The van der Waals surface area contributed by atoms with Gasteiger partial charge in [-0.2, -0.15) is 41.3 Å². The zero-order valence-electron chi connectivity index (χ0n) is 32.3. The summed E-state index contributed by atoms with van der Waals surface area (Å²) < 4.78 is 30.5. The Morgan fingerprint density at radius 1 is 0.571 bits per heavy atom. The van der Waals surface area contributed by atoms with E-state index in [1.54, 1.807) is 6.08 Å². The van der Waals surface area contributed by atoms with Crippen LogP contribution in [0, 0.1) is 37.0 Å². The van der Waals surface area contributed by atoms with Gasteiger partial charge < -0.3 is 33.9 Å². The lowest BCUT2D eigenvalue weighted by molar-refractivity contribution is 0.191. The van der Waals surface area contributed by atoms with Gasteiger partial charge in [0, 0.05) is 0 Å². The molecule has 0 saturated heterocycles. The predicted molar refractivity (Wildman–Crippen MR) is 208 cm³/mol. The monoisotopic (exact) mass is 725 g/mol. The van der Waals surface area contributed by atoms with Crippen molar-refractivity contribution >= 4 is 15.6 Å². The average Bonchev–Trinajstić information content (AvgIpc) is 2.95. The first-order chi connectivity index (χ1) is 22.9. The lowest BCUT2D eigenvalue weighted by atomic mass is 9.90. The lowest BCUT2D eigenvalue weighted by Gasteiger charge is -2.29. The van der Waals surface area contributed by atoms with Crippen LogP contribution < -0.4 is 0 Å². The second-order valence-corrected chi connectivity index (χ2v) is 17.2. The molecule has 0 aliphatic carbocycles. The second-order valence-electron chi connectivity index (χ2n) is 14.3. The van der Waals surface area contributed by atoms with Crippen LogP contribution in [0.3, 0.4) is 0 Å². The van der Waals surface area contributed by atoms with Gasteiger partial charge in [0.25, 0.3) is 0 Å². The van der Waals surface area contributed by atoms with E-state index in [1.807, 2.05) is 6.92 Å². The summed E-state index contributed by atoms with van der Waals surface area (Å²) in [5.74, 6) is 1.99. The van der Waals surface area contributed by atoms with Crippen molar-refractivity contribution in [2.45, 2.75) is 152 Å². The van der Waals surface area contributed by atoms with Crippen LogP contribution in [-0.4, -0.2) is 21.3 Å². The zero-order chi connectivity index (χ0) is 37.3. The number of allylic oxidation sites excluding steroid dienone is 9. The fraction of sp³-hybridized carbons (Fsp3) is 0.675. The van der Waals surface area contributed by atoms with Gasteiger partial charge in [0.05, 0.1) is 6.61 Å². The summed E-state index contributed by atoms with van der Waals surface area (Å²) in [4.78, 5) is 26.6. The van der Waals surface area contributed by atoms with E-state index in [0.717, 1.165) is 50.5 Å². The van der Waals surface area contributed by atoms with E-state index in [1.165, 1.54) is 67.2 Å². The molecule has 7 nitrogen and oxygen atoms in total. The molecule has 0 bridgehead atoms. The highest BCUT2D eigenvalue weighted by Crippen LogP contribution is 2.57. The summed E-state index contributed by atoms with van der Waals surface area (Å²) in [6, 6.07) is 0. The highest BCUT2D eigenvalue weighted by molar-refractivity contribution is 7.60. The summed E-state index contributed by atoms with van der Waals surface area (Å²) in [5.41, 5.74) is 6.64. The molecule has 4 atom stereocenters. The van der Waals surface area contributed by atoms with E-state index in [9.17, 15) is 14.0 Å². The first kappa shape index (κ1) is 48.0. The largest absolute Gasteiger partial charge is 0.481 e. The van der Waals surface area contributed by atoms with Crippen molar-refractivity contribution in [2.24, 2.45) is 17.8 Å². The van der Waals surface area contributed by atoms with E-state index in [4.69, 9.17) is 9.79 Å². The van der Waals surface area contributed by atoms with Crippen LogP contribution in [0.25, 0.3) is 0 Å². The molecule has 0 aromatic rings. The third-order valence-electron chi connectivity index (χ3n) is 8.64. The molecule has 0 aliphatic rings. The smallest absolute Gasteiger partial charge is 0.326 e. The quantitative estimate of drug-likeness (QED) is 0.0399. The second kappa shape index (κ2) is 27.6. The third kappa shape index (κ3) is 32.6. The molecule has 0 aromatic heterocycles. The first-order valence-electron chi connectivity index (χ1n) is 18.4. The molecule has 0 heterocycles. The van der Waals surface area contributed by atoms with Crippen LogP contribution in [0.2, 0.25) is 0 Å². The van der Waals surface area contributed by atoms with Gasteiger partial charge in [-0.25, -0.2) is 9.13 Å². The molecule has 0 saturated carbocycles. The minimum atomic E-state index is -5.10. The minimum absolute atomic E-state index is 0.269. The molecule has 0 amide bonds. The van der Waals surface area contributed by atoms with Crippen molar-refractivity contribution in [1.29, 1.82) is 0 Å². The van der Waals surface area contributed by atoms with Crippen molar-refractivity contribution in [3.8, 4) is 0 Å². The molecule has 0 aromatic carbocycles. The van der Waals surface area contributed by atoms with Gasteiger partial charge in [-0.05, 0) is 86.5 Å². The molecule has 49 heavy (non-hydrogen) atoms. The van der Waals surface area contributed by atoms with E-state index in [2.05, 4.69) is 108 Å². The third-order valence-corrected chi connectivity index (χ3v) is 10.8. The number of hydrogen-bond donors (Lipinski definition) is 3. The van der Waals surface area contributed by atoms with Crippen molar-refractivity contribution in [3.05, 3.63) is 77.5 Å². The van der Waals surface area contributed by atoms with E-state index < -0.39 is 15.6 Å². The Morgan fingerprint density at radius 3 is 1.47 bits per heavy atom. The summed E-state index contributed by atoms with van der Waals surface area (Å²) in [6.45, 7) is 19.6. The highest BCUT2D eigenvalue weighted by atomic mass is 31.3. The van der Waals surface area contributed by atoms with E-state index in [0.29, 0.717) is 17.8 Å². The standard InChI is InChI=1S/C40H71O7P2/c1-33(2)17-10-18-34(3)19-11-20-35(4)21-12-22-36(5)23-13-24-37(6)25-14-26-38(7)27-15-28-39(8)29-16-30-40(9)31-32-46-49(44,45)47-48(41,42)43/h17,19,21,23,25,27,29,31,35-37H,10-16,18,20,22,24,26,28,30,32H2,1-9H3,(H,44,45)(H2,41,42,43)/q-3/b34-19+,38-27+,39-29+,40-31+. The number of phosphoric acid groups is 2. The van der Waals surface area contributed by atoms with Crippen LogP contribution in [0.4, 0.5) is 0 Å². The predicted octanol–water partition coefficient (Wildman–Crippen LogP) is 12.9. The van der Waals surface area contributed by atoms with E-state index >= 15 is 0 Å². The van der Waals surface area contributed by atoms with Crippen molar-refractivity contribution in [1.82, 2.24) is 0 Å². The number of phosphoric ester groups is 1. The van der Waals surface area contributed by atoms with Crippen LogP contribution in [0.5, 0.6) is 0 Å². The average molecular weight is 726 g/mol. The lowest BCUT2D eigenvalue weighted by Crippen LogP contribution is -2.02. The van der Waals surface area contributed by atoms with Gasteiger partial charge in [0.15, 0.2) is 0 Å². The molecule has 0 rings (SSSR count). The number of hydrogen-bond acceptors (Lipinski definition) is 4. The van der Waals surface area contributed by atoms with Gasteiger partial charge in [0.2, 0.25) is 0 Å². The Labute approximate surface area is 301 Å². The van der Waals surface area contributed by atoms with Gasteiger partial charge in [-0.3, -0.25) is 4.52 Å². The van der Waals surface area contributed by atoms with Crippen LogP contribution in [0.1, 0.15) is 152 Å². The Bertz CT molecular complexity index is 1140. The Morgan fingerprint density at radius 2 is 0.980 bits per heavy atom. The summed E-state index contributed by atoms with van der Waals surface area (Å²) in [6.07, 6.45) is 34.0. The molecular formula is C40H71O7P2-3. The van der Waals surface area contributed by atoms with Crippen molar-refractivity contribution in [3.63, 3.8) is 0 Å². The summed E-state index contributed by atoms with van der Waals surface area (Å²) in [7, 11) is -9.90. The van der Waals surface area contributed by atoms with Gasteiger partial charge in [-0.1, -0.05) is 91.9 Å². The fourth-order valence-electron chi connectivity index (χ4n) is 5.35.